The molecule has 0 aliphatic rings. The molecule has 2 rings (SSSR count). The third-order valence-electron chi connectivity index (χ3n) is 2.43. The van der Waals surface area contributed by atoms with Crippen molar-refractivity contribution in [3.8, 4) is 11.5 Å². The van der Waals surface area contributed by atoms with Crippen molar-refractivity contribution < 1.29 is 13.9 Å². The van der Waals surface area contributed by atoms with E-state index in [9.17, 15) is 4.79 Å². The fourth-order valence-electron chi connectivity index (χ4n) is 1.68. The topological polar surface area (TPSA) is 48.7 Å². The average Bonchev–Trinajstić information content (AvgIpc) is 2.29. The van der Waals surface area contributed by atoms with Gasteiger partial charge in [0.05, 0.1) is 19.6 Å². The summed E-state index contributed by atoms with van der Waals surface area (Å²) < 4.78 is 15.7. The van der Waals surface area contributed by atoms with Gasteiger partial charge in [-0.1, -0.05) is 6.07 Å². The standard InChI is InChI=1S/C12H12O4/c1-7-11(15-3)10(13)8-5-4-6-9(14-2)12(8)16-7/h4-6H,1-3H3. The summed E-state index contributed by atoms with van der Waals surface area (Å²) in [6.45, 7) is 1.69. The second-order valence-corrected chi connectivity index (χ2v) is 3.36. The zero-order valence-corrected chi connectivity index (χ0v) is 9.37. The van der Waals surface area contributed by atoms with Gasteiger partial charge in [0.25, 0.3) is 0 Å². The van der Waals surface area contributed by atoms with E-state index in [0.29, 0.717) is 22.5 Å². The van der Waals surface area contributed by atoms with E-state index in [0.717, 1.165) is 0 Å². The predicted octanol–water partition coefficient (Wildman–Crippen LogP) is 2.12. The van der Waals surface area contributed by atoms with Gasteiger partial charge >= 0.3 is 0 Å². The molecule has 0 saturated carbocycles. The molecule has 1 heterocycles. The number of rotatable bonds is 2. The van der Waals surface area contributed by atoms with Crippen LogP contribution in [0.5, 0.6) is 11.5 Å². The van der Waals surface area contributed by atoms with Crippen LogP contribution < -0.4 is 14.9 Å². The Labute approximate surface area is 92.4 Å². The van der Waals surface area contributed by atoms with Crippen LogP contribution in [0.4, 0.5) is 0 Å². The molecule has 1 aromatic carbocycles. The summed E-state index contributed by atoms with van der Waals surface area (Å²) in [5.41, 5.74) is 0.272. The molecule has 0 atom stereocenters. The second-order valence-electron chi connectivity index (χ2n) is 3.36. The lowest BCUT2D eigenvalue weighted by atomic mass is 10.2. The van der Waals surface area contributed by atoms with Crippen molar-refractivity contribution in [2.45, 2.75) is 6.92 Å². The summed E-state index contributed by atoms with van der Waals surface area (Å²) in [6.07, 6.45) is 0. The van der Waals surface area contributed by atoms with Gasteiger partial charge in [0.1, 0.15) is 5.76 Å². The van der Waals surface area contributed by atoms with Crippen molar-refractivity contribution >= 4 is 11.0 Å². The molecule has 16 heavy (non-hydrogen) atoms. The first kappa shape index (κ1) is 10.5. The summed E-state index contributed by atoms with van der Waals surface area (Å²) in [5.74, 6) is 1.23. The highest BCUT2D eigenvalue weighted by atomic mass is 16.5. The van der Waals surface area contributed by atoms with Crippen LogP contribution in [-0.2, 0) is 0 Å². The van der Waals surface area contributed by atoms with E-state index in [1.165, 1.54) is 14.2 Å². The van der Waals surface area contributed by atoms with E-state index in [2.05, 4.69) is 0 Å². The molecule has 0 amide bonds. The average molecular weight is 220 g/mol. The Morgan fingerprint density at radius 3 is 2.56 bits per heavy atom. The van der Waals surface area contributed by atoms with Crippen LogP contribution in [0.3, 0.4) is 0 Å². The Kier molecular flexibility index (Phi) is 2.56. The highest BCUT2D eigenvalue weighted by Gasteiger charge is 2.14. The van der Waals surface area contributed by atoms with Gasteiger partial charge in [0.2, 0.25) is 11.2 Å². The Hall–Kier alpha value is -1.97. The first-order valence-electron chi connectivity index (χ1n) is 4.83. The van der Waals surface area contributed by atoms with E-state index in [4.69, 9.17) is 13.9 Å². The number of ether oxygens (including phenoxy) is 2. The molecule has 2 aromatic rings. The Balaban J connectivity index is 2.92. The Morgan fingerprint density at radius 2 is 1.94 bits per heavy atom. The van der Waals surface area contributed by atoms with Crippen molar-refractivity contribution in [3.05, 3.63) is 34.2 Å². The van der Waals surface area contributed by atoms with Gasteiger partial charge < -0.3 is 13.9 Å². The highest BCUT2D eigenvalue weighted by molar-refractivity contribution is 5.83. The van der Waals surface area contributed by atoms with Gasteiger partial charge in [-0.3, -0.25) is 4.79 Å². The van der Waals surface area contributed by atoms with Gasteiger partial charge in [-0.2, -0.15) is 0 Å². The van der Waals surface area contributed by atoms with Crippen LogP contribution in [0, 0.1) is 6.92 Å². The molecule has 0 N–H and O–H groups in total. The molecular formula is C12H12O4. The molecule has 4 heteroatoms. The number of hydrogen-bond acceptors (Lipinski definition) is 4. The molecule has 4 nitrogen and oxygen atoms in total. The number of benzene rings is 1. The van der Waals surface area contributed by atoms with Crippen LogP contribution in [0.2, 0.25) is 0 Å². The third kappa shape index (κ3) is 1.43. The van der Waals surface area contributed by atoms with Gasteiger partial charge in [0.15, 0.2) is 11.3 Å². The maximum absolute atomic E-state index is 12.0. The summed E-state index contributed by atoms with van der Waals surface area (Å²) >= 11 is 0. The molecule has 0 unspecified atom stereocenters. The van der Waals surface area contributed by atoms with Crippen molar-refractivity contribution in [1.82, 2.24) is 0 Å². The van der Waals surface area contributed by atoms with Crippen LogP contribution >= 0.6 is 0 Å². The van der Waals surface area contributed by atoms with E-state index >= 15 is 0 Å². The van der Waals surface area contributed by atoms with Crippen molar-refractivity contribution in [2.75, 3.05) is 14.2 Å². The molecule has 84 valence electrons. The van der Waals surface area contributed by atoms with E-state index in [-0.39, 0.29) is 11.2 Å². The van der Waals surface area contributed by atoms with Crippen LogP contribution in [0.1, 0.15) is 5.76 Å². The minimum atomic E-state index is -0.180. The van der Waals surface area contributed by atoms with Crippen LogP contribution in [0.25, 0.3) is 11.0 Å². The number of hydrogen-bond donors (Lipinski definition) is 0. The molecule has 0 radical (unpaired) electrons. The zero-order chi connectivity index (χ0) is 11.7. The fraction of sp³-hybridized carbons (Fsp3) is 0.250. The predicted molar refractivity (Wildman–Crippen MR) is 60.3 cm³/mol. The smallest absolute Gasteiger partial charge is 0.234 e. The summed E-state index contributed by atoms with van der Waals surface area (Å²) in [7, 11) is 2.99. The first-order valence-corrected chi connectivity index (χ1v) is 4.83. The zero-order valence-electron chi connectivity index (χ0n) is 9.37. The van der Waals surface area contributed by atoms with Crippen molar-refractivity contribution in [2.24, 2.45) is 0 Å². The number of methoxy groups -OCH3 is 2. The third-order valence-corrected chi connectivity index (χ3v) is 2.43. The van der Waals surface area contributed by atoms with Crippen molar-refractivity contribution in [3.63, 3.8) is 0 Å². The maximum atomic E-state index is 12.0. The fourth-order valence-corrected chi connectivity index (χ4v) is 1.68. The number of fused-ring (bicyclic) bond motifs is 1. The van der Waals surface area contributed by atoms with Gasteiger partial charge in [-0.15, -0.1) is 0 Å². The summed E-state index contributed by atoms with van der Waals surface area (Å²) in [5, 5.41) is 0.460. The summed E-state index contributed by atoms with van der Waals surface area (Å²) in [4.78, 5) is 12.0. The quantitative estimate of drug-likeness (QED) is 0.777. The van der Waals surface area contributed by atoms with Gasteiger partial charge in [-0.05, 0) is 19.1 Å². The van der Waals surface area contributed by atoms with E-state index < -0.39 is 0 Å². The Morgan fingerprint density at radius 1 is 1.19 bits per heavy atom. The van der Waals surface area contributed by atoms with Crippen LogP contribution in [-0.4, -0.2) is 14.2 Å². The lowest BCUT2D eigenvalue weighted by Crippen LogP contribution is -2.07. The molecule has 0 fully saturated rings. The Bertz CT molecular complexity index is 583. The molecule has 0 saturated heterocycles. The first-order chi connectivity index (χ1) is 7.69. The van der Waals surface area contributed by atoms with Crippen LogP contribution in [0.15, 0.2) is 27.4 Å². The van der Waals surface area contributed by atoms with Gasteiger partial charge in [-0.25, -0.2) is 0 Å². The minimum absolute atomic E-state index is 0.180. The monoisotopic (exact) mass is 220 g/mol. The van der Waals surface area contributed by atoms with Crippen molar-refractivity contribution in [1.29, 1.82) is 0 Å². The molecule has 0 bridgehead atoms. The summed E-state index contributed by atoms with van der Waals surface area (Å²) in [6, 6.07) is 5.18. The maximum Gasteiger partial charge on any atom is 0.234 e. The molecule has 0 aliphatic heterocycles. The van der Waals surface area contributed by atoms with E-state index in [1.54, 1.807) is 25.1 Å². The van der Waals surface area contributed by atoms with Gasteiger partial charge in [0, 0.05) is 0 Å². The molecule has 0 spiro atoms. The minimum Gasteiger partial charge on any atom is -0.493 e. The number of para-hydroxylation sites is 1. The lowest BCUT2D eigenvalue weighted by Gasteiger charge is -2.07. The normalized spacial score (nSPS) is 10.4. The van der Waals surface area contributed by atoms with E-state index in [1.807, 2.05) is 0 Å². The molecule has 1 aromatic heterocycles. The SMILES string of the molecule is COc1c(C)oc2c(OC)cccc2c1=O. The molecular weight excluding hydrogens is 208 g/mol. The second kappa shape index (κ2) is 3.89. The lowest BCUT2D eigenvalue weighted by molar-refractivity contribution is 0.376. The highest BCUT2D eigenvalue weighted by Crippen LogP contribution is 2.27. The number of aryl methyl sites for hydroxylation is 1. The molecule has 0 aliphatic carbocycles. The largest absolute Gasteiger partial charge is 0.493 e.